The highest BCUT2D eigenvalue weighted by Crippen LogP contribution is 2.34. The Morgan fingerprint density at radius 3 is 2.55 bits per heavy atom. The highest BCUT2D eigenvalue weighted by Gasteiger charge is 2.21. The minimum Gasteiger partial charge on any atom is -0.504 e. The van der Waals surface area contributed by atoms with Crippen molar-refractivity contribution in [2.45, 2.75) is 6.42 Å². The minimum absolute atomic E-state index is 0.0420. The van der Waals surface area contributed by atoms with Crippen molar-refractivity contribution < 1.29 is 14.6 Å². The van der Waals surface area contributed by atoms with Crippen molar-refractivity contribution in [3.05, 3.63) is 71.8 Å². The highest BCUT2D eigenvalue weighted by molar-refractivity contribution is 6.12. The average molecular weight is 268 g/mol. The smallest absolute Gasteiger partial charge is 0.197 e. The van der Waals surface area contributed by atoms with Gasteiger partial charge in [-0.2, -0.15) is 0 Å². The molecule has 0 aliphatic rings. The summed E-state index contributed by atoms with van der Waals surface area (Å²) in [4.78, 5) is 12.6. The molecule has 1 N–H and O–H groups in total. The zero-order valence-electron chi connectivity index (χ0n) is 11.3. The van der Waals surface area contributed by atoms with Crippen molar-refractivity contribution in [2.75, 3.05) is 7.11 Å². The molecule has 0 spiro atoms. The van der Waals surface area contributed by atoms with Crippen molar-refractivity contribution in [1.29, 1.82) is 0 Å². The maximum atomic E-state index is 12.6. The SMILES string of the molecule is C=CCc1ccc(O)c(OC)c1C(=O)c1ccccc1. The molecule has 2 aromatic carbocycles. The first-order valence-electron chi connectivity index (χ1n) is 6.28. The van der Waals surface area contributed by atoms with Crippen molar-refractivity contribution in [3.63, 3.8) is 0 Å². The van der Waals surface area contributed by atoms with E-state index >= 15 is 0 Å². The first-order chi connectivity index (χ1) is 9.69. The molecule has 0 saturated heterocycles. The van der Waals surface area contributed by atoms with E-state index in [1.165, 1.54) is 13.2 Å². The largest absolute Gasteiger partial charge is 0.504 e. The van der Waals surface area contributed by atoms with Crippen LogP contribution in [0.5, 0.6) is 11.5 Å². The number of benzene rings is 2. The molecule has 3 heteroatoms. The lowest BCUT2D eigenvalue weighted by atomic mass is 9.95. The molecule has 2 aromatic rings. The molecular weight excluding hydrogens is 252 g/mol. The maximum absolute atomic E-state index is 12.6. The second kappa shape index (κ2) is 6.06. The van der Waals surface area contributed by atoms with Crippen LogP contribution in [0.3, 0.4) is 0 Å². The lowest BCUT2D eigenvalue weighted by Crippen LogP contribution is -2.08. The summed E-state index contributed by atoms with van der Waals surface area (Å²) >= 11 is 0. The summed E-state index contributed by atoms with van der Waals surface area (Å²) in [5.41, 5.74) is 1.73. The van der Waals surface area contributed by atoms with E-state index in [0.717, 1.165) is 5.56 Å². The van der Waals surface area contributed by atoms with Crippen LogP contribution in [0.2, 0.25) is 0 Å². The van der Waals surface area contributed by atoms with Crippen LogP contribution in [0, 0.1) is 0 Å². The molecule has 0 bridgehead atoms. The van der Waals surface area contributed by atoms with E-state index in [1.54, 1.807) is 36.4 Å². The third-order valence-electron chi connectivity index (χ3n) is 3.05. The summed E-state index contributed by atoms with van der Waals surface area (Å²) < 4.78 is 5.20. The summed E-state index contributed by atoms with van der Waals surface area (Å²) in [5.74, 6) is -0.00648. The van der Waals surface area contributed by atoms with Gasteiger partial charge in [0, 0.05) is 5.56 Å². The molecule has 0 heterocycles. The average Bonchev–Trinajstić information content (AvgIpc) is 2.49. The number of hydrogen-bond acceptors (Lipinski definition) is 3. The van der Waals surface area contributed by atoms with Gasteiger partial charge in [0.2, 0.25) is 0 Å². The van der Waals surface area contributed by atoms with Crippen LogP contribution in [0.1, 0.15) is 21.5 Å². The standard InChI is InChI=1S/C17H16O3/c1-3-7-12-10-11-14(18)17(20-2)15(12)16(19)13-8-5-4-6-9-13/h3-6,8-11,18H,1,7H2,2H3. The van der Waals surface area contributed by atoms with Crippen LogP contribution in [0.4, 0.5) is 0 Å². The predicted octanol–water partition coefficient (Wildman–Crippen LogP) is 3.36. The summed E-state index contributed by atoms with van der Waals surface area (Å²) in [7, 11) is 1.44. The topological polar surface area (TPSA) is 46.5 Å². The van der Waals surface area contributed by atoms with Crippen molar-refractivity contribution in [2.24, 2.45) is 0 Å². The molecule has 3 nitrogen and oxygen atoms in total. The van der Waals surface area contributed by atoms with Crippen molar-refractivity contribution >= 4 is 5.78 Å². The third-order valence-corrected chi connectivity index (χ3v) is 3.05. The fourth-order valence-electron chi connectivity index (χ4n) is 2.13. The molecule has 0 aliphatic heterocycles. The molecule has 0 aromatic heterocycles. The van der Waals surface area contributed by atoms with Gasteiger partial charge in [0.1, 0.15) is 0 Å². The zero-order valence-corrected chi connectivity index (χ0v) is 11.3. The van der Waals surface area contributed by atoms with Gasteiger partial charge in [-0.3, -0.25) is 4.79 Å². The van der Waals surface area contributed by atoms with Gasteiger partial charge in [-0.25, -0.2) is 0 Å². The van der Waals surface area contributed by atoms with Crippen LogP contribution in [0.15, 0.2) is 55.1 Å². The first kappa shape index (κ1) is 13.9. The quantitative estimate of drug-likeness (QED) is 0.668. The van der Waals surface area contributed by atoms with Gasteiger partial charge in [-0.15, -0.1) is 6.58 Å². The maximum Gasteiger partial charge on any atom is 0.197 e. The Morgan fingerprint density at radius 2 is 1.95 bits per heavy atom. The molecule has 0 atom stereocenters. The number of carbonyl (C=O) groups excluding carboxylic acids is 1. The number of ketones is 1. The number of ether oxygens (including phenoxy) is 1. The highest BCUT2D eigenvalue weighted by atomic mass is 16.5. The van der Waals surface area contributed by atoms with Crippen LogP contribution in [0.25, 0.3) is 0 Å². The van der Waals surface area contributed by atoms with Crippen LogP contribution >= 0.6 is 0 Å². The van der Waals surface area contributed by atoms with E-state index in [4.69, 9.17) is 4.74 Å². The third kappa shape index (κ3) is 2.57. The van der Waals surface area contributed by atoms with Gasteiger partial charge in [0.25, 0.3) is 0 Å². The minimum atomic E-state index is -0.171. The van der Waals surface area contributed by atoms with E-state index in [-0.39, 0.29) is 17.3 Å². The molecule has 20 heavy (non-hydrogen) atoms. The number of methoxy groups -OCH3 is 1. The Labute approximate surface area is 118 Å². The van der Waals surface area contributed by atoms with Gasteiger partial charge in [0.05, 0.1) is 12.7 Å². The Hall–Kier alpha value is -2.55. The molecule has 0 saturated carbocycles. The molecule has 0 aliphatic carbocycles. The Balaban J connectivity index is 2.61. The summed E-state index contributed by atoms with van der Waals surface area (Å²) in [5, 5.41) is 9.88. The van der Waals surface area contributed by atoms with Crippen LogP contribution in [-0.2, 0) is 6.42 Å². The van der Waals surface area contributed by atoms with Gasteiger partial charge >= 0.3 is 0 Å². The van der Waals surface area contributed by atoms with E-state index in [0.29, 0.717) is 17.5 Å². The lowest BCUT2D eigenvalue weighted by Gasteiger charge is -2.13. The van der Waals surface area contributed by atoms with Gasteiger partial charge in [0.15, 0.2) is 17.3 Å². The summed E-state index contributed by atoms with van der Waals surface area (Å²) in [6, 6.07) is 12.2. The van der Waals surface area contributed by atoms with Crippen molar-refractivity contribution in [3.8, 4) is 11.5 Å². The number of carbonyl (C=O) groups is 1. The molecule has 0 radical (unpaired) electrons. The Bertz CT molecular complexity index is 630. The van der Waals surface area contributed by atoms with Gasteiger partial charge in [-0.1, -0.05) is 42.5 Å². The van der Waals surface area contributed by atoms with Gasteiger partial charge in [-0.05, 0) is 18.1 Å². The Kier molecular flexibility index (Phi) is 4.20. The zero-order chi connectivity index (χ0) is 14.5. The fourth-order valence-corrected chi connectivity index (χ4v) is 2.13. The summed E-state index contributed by atoms with van der Waals surface area (Å²) in [6.07, 6.45) is 2.25. The lowest BCUT2D eigenvalue weighted by molar-refractivity contribution is 0.103. The van der Waals surface area contributed by atoms with Crippen molar-refractivity contribution in [1.82, 2.24) is 0 Å². The molecule has 102 valence electrons. The van der Waals surface area contributed by atoms with E-state index in [2.05, 4.69) is 6.58 Å². The number of phenols is 1. The molecule has 2 rings (SSSR count). The van der Waals surface area contributed by atoms with Crippen LogP contribution in [-0.4, -0.2) is 18.0 Å². The predicted molar refractivity (Wildman–Crippen MR) is 78.4 cm³/mol. The van der Waals surface area contributed by atoms with E-state index in [9.17, 15) is 9.90 Å². The monoisotopic (exact) mass is 268 g/mol. The molecular formula is C17H16O3. The second-order valence-electron chi connectivity index (χ2n) is 4.34. The number of hydrogen-bond donors (Lipinski definition) is 1. The number of aromatic hydroxyl groups is 1. The number of phenolic OH excluding ortho intramolecular Hbond substituents is 1. The normalized spacial score (nSPS) is 10.1. The Morgan fingerprint density at radius 1 is 1.25 bits per heavy atom. The number of allylic oxidation sites excluding steroid dienone is 1. The second-order valence-corrected chi connectivity index (χ2v) is 4.34. The number of rotatable bonds is 5. The molecule has 0 amide bonds. The van der Waals surface area contributed by atoms with Crippen LogP contribution < -0.4 is 4.74 Å². The molecule has 0 unspecified atom stereocenters. The summed E-state index contributed by atoms with van der Waals surface area (Å²) in [6.45, 7) is 3.69. The van der Waals surface area contributed by atoms with E-state index in [1.807, 2.05) is 6.07 Å². The fraction of sp³-hybridized carbons (Fsp3) is 0.118. The molecule has 0 fully saturated rings. The first-order valence-corrected chi connectivity index (χ1v) is 6.28. The van der Waals surface area contributed by atoms with E-state index < -0.39 is 0 Å². The van der Waals surface area contributed by atoms with Gasteiger partial charge < -0.3 is 9.84 Å².